The van der Waals surface area contributed by atoms with Gasteiger partial charge in [0.15, 0.2) is 0 Å². The summed E-state index contributed by atoms with van der Waals surface area (Å²) in [5, 5.41) is 10.6. The molecule has 0 radical (unpaired) electrons. The molecule has 0 aliphatic carbocycles. The third-order valence-electron chi connectivity index (χ3n) is 4.89. The highest BCUT2D eigenvalue weighted by atomic mass is 16.5. The molecule has 3 heteroatoms. The summed E-state index contributed by atoms with van der Waals surface area (Å²) in [6, 6.07) is 0. The van der Waals surface area contributed by atoms with E-state index in [9.17, 15) is 5.11 Å². The van der Waals surface area contributed by atoms with Crippen molar-refractivity contribution < 1.29 is 14.6 Å². The van der Waals surface area contributed by atoms with Gasteiger partial charge in [0.05, 0.1) is 11.2 Å². The summed E-state index contributed by atoms with van der Waals surface area (Å²) >= 11 is 0. The predicted octanol–water partition coefficient (Wildman–Crippen LogP) is 2.37. The maximum atomic E-state index is 10.6. The van der Waals surface area contributed by atoms with E-state index in [4.69, 9.17) is 9.47 Å². The molecular weight excluding hydrogens is 216 g/mol. The van der Waals surface area contributed by atoms with Gasteiger partial charge in [-0.1, -0.05) is 13.8 Å². The Labute approximate surface area is 104 Å². The minimum atomic E-state index is -0.574. The summed E-state index contributed by atoms with van der Waals surface area (Å²) in [5.41, 5.74) is -0.588. The van der Waals surface area contributed by atoms with Crippen molar-refractivity contribution in [2.45, 2.75) is 57.7 Å². The second kappa shape index (κ2) is 4.87. The minimum Gasteiger partial charge on any atom is -0.390 e. The van der Waals surface area contributed by atoms with Gasteiger partial charge in [-0.05, 0) is 44.4 Å². The van der Waals surface area contributed by atoms with Crippen LogP contribution in [0.25, 0.3) is 0 Å². The van der Waals surface area contributed by atoms with Gasteiger partial charge in [-0.15, -0.1) is 0 Å². The van der Waals surface area contributed by atoms with Crippen molar-refractivity contribution in [2.75, 3.05) is 19.8 Å². The van der Waals surface area contributed by atoms with Crippen molar-refractivity contribution in [3.8, 4) is 0 Å². The predicted molar refractivity (Wildman–Crippen MR) is 66.9 cm³/mol. The first-order valence-electron chi connectivity index (χ1n) is 6.90. The van der Waals surface area contributed by atoms with Crippen LogP contribution in [0, 0.1) is 11.8 Å². The fourth-order valence-corrected chi connectivity index (χ4v) is 3.09. The highest BCUT2D eigenvalue weighted by Crippen LogP contribution is 2.43. The Morgan fingerprint density at radius 1 is 1.24 bits per heavy atom. The van der Waals surface area contributed by atoms with Crippen molar-refractivity contribution in [2.24, 2.45) is 11.8 Å². The normalized spacial score (nSPS) is 32.6. The molecule has 0 aromatic heterocycles. The topological polar surface area (TPSA) is 38.7 Å². The molecule has 1 spiro atoms. The van der Waals surface area contributed by atoms with Gasteiger partial charge < -0.3 is 14.6 Å². The van der Waals surface area contributed by atoms with Crippen LogP contribution in [-0.4, -0.2) is 36.1 Å². The van der Waals surface area contributed by atoms with E-state index in [1.165, 1.54) is 0 Å². The number of aliphatic hydroxyl groups is 1. The molecule has 2 fully saturated rings. The smallest absolute Gasteiger partial charge is 0.0730 e. The Balaban J connectivity index is 2.06. The summed E-state index contributed by atoms with van der Waals surface area (Å²) in [6.07, 6.45) is 3.94. The summed E-state index contributed by atoms with van der Waals surface area (Å²) in [6.45, 7) is 8.58. The van der Waals surface area contributed by atoms with Gasteiger partial charge >= 0.3 is 0 Å². The fraction of sp³-hybridized carbons (Fsp3) is 1.00. The molecule has 3 nitrogen and oxygen atoms in total. The molecule has 2 saturated heterocycles. The van der Waals surface area contributed by atoms with Gasteiger partial charge in [-0.3, -0.25) is 0 Å². The summed E-state index contributed by atoms with van der Waals surface area (Å²) in [4.78, 5) is 0. The Hall–Kier alpha value is -0.120. The Kier molecular flexibility index (Phi) is 3.81. The monoisotopic (exact) mass is 242 g/mol. The summed E-state index contributed by atoms with van der Waals surface area (Å²) in [5.74, 6) is 0.650. The van der Waals surface area contributed by atoms with E-state index in [0.717, 1.165) is 45.5 Å². The lowest BCUT2D eigenvalue weighted by Crippen LogP contribution is -2.51. The van der Waals surface area contributed by atoms with Gasteiger partial charge in [0.1, 0.15) is 0 Å². The van der Waals surface area contributed by atoms with E-state index in [2.05, 4.69) is 13.8 Å². The second-order valence-corrected chi connectivity index (χ2v) is 6.21. The molecule has 0 aromatic carbocycles. The van der Waals surface area contributed by atoms with E-state index in [-0.39, 0.29) is 5.60 Å². The Bertz CT molecular complexity index is 249. The van der Waals surface area contributed by atoms with Gasteiger partial charge in [0, 0.05) is 19.8 Å². The third kappa shape index (κ3) is 2.67. The van der Waals surface area contributed by atoms with Crippen LogP contribution in [0.5, 0.6) is 0 Å². The molecule has 0 aromatic rings. The van der Waals surface area contributed by atoms with Crippen LogP contribution in [0.4, 0.5) is 0 Å². The molecule has 2 unspecified atom stereocenters. The number of hydrogen-bond acceptors (Lipinski definition) is 3. The molecule has 100 valence electrons. The zero-order valence-electron chi connectivity index (χ0n) is 11.4. The van der Waals surface area contributed by atoms with Gasteiger partial charge in [-0.2, -0.15) is 0 Å². The van der Waals surface area contributed by atoms with Crippen LogP contribution in [0.15, 0.2) is 0 Å². The van der Waals surface area contributed by atoms with Crippen LogP contribution in [0.1, 0.15) is 46.5 Å². The van der Waals surface area contributed by atoms with E-state index in [1.54, 1.807) is 0 Å². The lowest BCUT2D eigenvalue weighted by molar-refractivity contribution is -0.179. The number of ether oxygens (including phenoxy) is 2. The molecule has 17 heavy (non-hydrogen) atoms. The highest BCUT2D eigenvalue weighted by molar-refractivity contribution is 4.95. The maximum absolute atomic E-state index is 10.6. The van der Waals surface area contributed by atoms with Crippen molar-refractivity contribution in [1.82, 2.24) is 0 Å². The number of hydrogen-bond donors (Lipinski definition) is 1. The Morgan fingerprint density at radius 3 is 2.47 bits per heavy atom. The average Bonchev–Trinajstić information content (AvgIpc) is 2.30. The van der Waals surface area contributed by atoms with Crippen molar-refractivity contribution in [3.05, 3.63) is 0 Å². The lowest BCUT2D eigenvalue weighted by atomic mass is 9.70. The first kappa shape index (κ1) is 13.3. The van der Waals surface area contributed by atoms with E-state index in [1.807, 2.05) is 6.92 Å². The highest BCUT2D eigenvalue weighted by Gasteiger charge is 2.45. The molecule has 2 heterocycles. The second-order valence-electron chi connectivity index (χ2n) is 6.21. The molecule has 0 amide bonds. The average molecular weight is 242 g/mol. The molecule has 0 bridgehead atoms. The Morgan fingerprint density at radius 2 is 1.88 bits per heavy atom. The van der Waals surface area contributed by atoms with Crippen molar-refractivity contribution in [1.29, 1.82) is 0 Å². The van der Waals surface area contributed by atoms with Crippen LogP contribution in [0.3, 0.4) is 0 Å². The number of rotatable bonds is 2. The van der Waals surface area contributed by atoms with Crippen molar-refractivity contribution in [3.63, 3.8) is 0 Å². The fourth-order valence-electron chi connectivity index (χ4n) is 3.09. The largest absolute Gasteiger partial charge is 0.390 e. The van der Waals surface area contributed by atoms with Gasteiger partial charge in [0.2, 0.25) is 0 Å². The third-order valence-corrected chi connectivity index (χ3v) is 4.89. The molecule has 2 aliphatic rings. The molecular formula is C14H26O3. The van der Waals surface area contributed by atoms with Crippen LogP contribution < -0.4 is 0 Å². The van der Waals surface area contributed by atoms with E-state index < -0.39 is 5.60 Å². The SMILES string of the molecule is CC(C)C(C)(O)C1CCOC2(CCOCC2)C1. The first-order valence-corrected chi connectivity index (χ1v) is 6.90. The zero-order valence-corrected chi connectivity index (χ0v) is 11.4. The molecule has 0 saturated carbocycles. The van der Waals surface area contributed by atoms with E-state index in [0.29, 0.717) is 11.8 Å². The lowest BCUT2D eigenvalue weighted by Gasteiger charge is -2.48. The zero-order chi connectivity index (χ0) is 12.5. The van der Waals surface area contributed by atoms with Gasteiger partial charge in [-0.25, -0.2) is 0 Å². The van der Waals surface area contributed by atoms with Crippen LogP contribution >= 0.6 is 0 Å². The molecule has 1 N–H and O–H groups in total. The molecule has 2 aliphatic heterocycles. The first-order chi connectivity index (χ1) is 7.96. The van der Waals surface area contributed by atoms with Crippen LogP contribution in [-0.2, 0) is 9.47 Å². The van der Waals surface area contributed by atoms with Crippen molar-refractivity contribution >= 4 is 0 Å². The van der Waals surface area contributed by atoms with E-state index >= 15 is 0 Å². The summed E-state index contributed by atoms with van der Waals surface area (Å²) < 4.78 is 11.4. The summed E-state index contributed by atoms with van der Waals surface area (Å²) in [7, 11) is 0. The van der Waals surface area contributed by atoms with Gasteiger partial charge in [0.25, 0.3) is 0 Å². The minimum absolute atomic E-state index is 0.0138. The standard InChI is InChI=1S/C14H26O3/c1-11(2)13(3,15)12-4-7-17-14(10-12)5-8-16-9-6-14/h11-12,15H,4-10H2,1-3H3. The molecule has 2 atom stereocenters. The maximum Gasteiger partial charge on any atom is 0.0730 e. The quantitative estimate of drug-likeness (QED) is 0.808. The van der Waals surface area contributed by atoms with Crippen LogP contribution in [0.2, 0.25) is 0 Å². The molecule has 2 rings (SSSR count).